The maximum atomic E-state index is 12.7. The number of halogens is 1. The molecule has 0 bridgehead atoms. The van der Waals surface area contributed by atoms with Crippen LogP contribution in [-0.4, -0.2) is 72.4 Å². The summed E-state index contributed by atoms with van der Waals surface area (Å²) in [4.78, 5) is 17.0. The molecule has 0 radical (unpaired) electrons. The first-order valence-electron chi connectivity index (χ1n) is 9.45. The fraction of sp³-hybridized carbons (Fsp3) is 0.650. The van der Waals surface area contributed by atoms with Gasteiger partial charge in [-0.15, -0.1) is 0 Å². The summed E-state index contributed by atoms with van der Waals surface area (Å²) in [6.07, 6.45) is 0.846. The van der Waals surface area contributed by atoms with Gasteiger partial charge >= 0.3 is 0 Å². The Bertz CT molecular complexity index is 600. The lowest BCUT2D eigenvalue weighted by Crippen LogP contribution is -2.48. The summed E-state index contributed by atoms with van der Waals surface area (Å²) in [7, 11) is 0. The van der Waals surface area contributed by atoms with Gasteiger partial charge in [0.15, 0.2) is 0 Å². The van der Waals surface area contributed by atoms with E-state index in [0.29, 0.717) is 23.9 Å². The summed E-state index contributed by atoms with van der Waals surface area (Å²) in [6, 6.07) is 7.42. The highest BCUT2D eigenvalue weighted by Crippen LogP contribution is 2.26. The lowest BCUT2D eigenvalue weighted by atomic mass is 9.96. The minimum Gasteiger partial charge on any atom is -0.396 e. The third kappa shape index (κ3) is 4.97. The predicted octanol–water partition coefficient (Wildman–Crippen LogP) is 2.06. The maximum absolute atomic E-state index is 12.7. The van der Waals surface area contributed by atoms with Crippen LogP contribution >= 0.6 is 11.6 Å². The van der Waals surface area contributed by atoms with Crippen molar-refractivity contribution in [3.8, 4) is 0 Å². The number of carbonyl (C=O) groups is 1. The topological polar surface area (TPSA) is 53.0 Å². The van der Waals surface area contributed by atoms with Crippen LogP contribution in [0.5, 0.6) is 0 Å². The van der Waals surface area contributed by atoms with E-state index in [0.717, 1.165) is 31.7 Å². The van der Waals surface area contributed by atoms with E-state index in [1.54, 1.807) is 0 Å². The van der Waals surface area contributed by atoms with Crippen molar-refractivity contribution in [1.29, 1.82) is 0 Å². The van der Waals surface area contributed by atoms with Crippen LogP contribution in [0.25, 0.3) is 0 Å². The second-order valence-electron chi connectivity index (χ2n) is 7.78. The smallest absolute Gasteiger partial charge is 0.227 e. The first-order chi connectivity index (χ1) is 12.4. The molecule has 0 saturated carbocycles. The van der Waals surface area contributed by atoms with Crippen molar-refractivity contribution < 1.29 is 14.6 Å². The van der Waals surface area contributed by atoms with Gasteiger partial charge in [0.2, 0.25) is 5.91 Å². The average molecular weight is 381 g/mol. The van der Waals surface area contributed by atoms with Crippen LogP contribution in [0.3, 0.4) is 0 Å². The zero-order chi connectivity index (χ0) is 18.7. The molecule has 2 aliphatic heterocycles. The maximum Gasteiger partial charge on any atom is 0.227 e. The van der Waals surface area contributed by atoms with Crippen molar-refractivity contribution in [2.45, 2.75) is 32.5 Å². The fourth-order valence-electron chi connectivity index (χ4n) is 4.21. The Morgan fingerprint density at radius 1 is 1.12 bits per heavy atom. The summed E-state index contributed by atoms with van der Waals surface area (Å²) in [5.74, 6) is 0.585. The Morgan fingerprint density at radius 2 is 1.73 bits per heavy atom. The number of hydrogen-bond acceptors (Lipinski definition) is 4. The molecule has 144 valence electrons. The zero-order valence-corrected chi connectivity index (χ0v) is 16.4. The number of amides is 1. The number of rotatable bonds is 5. The van der Waals surface area contributed by atoms with E-state index in [1.807, 2.05) is 29.2 Å². The van der Waals surface area contributed by atoms with Crippen LogP contribution in [0.1, 0.15) is 19.4 Å². The third-order valence-electron chi connectivity index (χ3n) is 5.42. The van der Waals surface area contributed by atoms with Gasteiger partial charge in [0, 0.05) is 50.3 Å². The van der Waals surface area contributed by atoms with Crippen molar-refractivity contribution >= 4 is 17.5 Å². The highest BCUT2D eigenvalue weighted by molar-refractivity contribution is 6.30. The number of morpholine rings is 1. The normalized spacial score (nSPS) is 29.9. The highest BCUT2D eigenvalue weighted by Gasteiger charge is 2.36. The number of aliphatic hydroxyl groups is 1. The third-order valence-corrected chi connectivity index (χ3v) is 5.67. The van der Waals surface area contributed by atoms with E-state index in [4.69, 9.17) is 16.3 Å². The molecular formula is C20H29ClN2O3. The van der Waals surface area contributed by atoms with E-state index in [1.165, 1.54) is 0 Å². The molecule has 0 unspecified atom stereocenters. The van der Waals surface area contributed by atoms with Crippen molar-refractivity contribution in [3.63, 3.8) is 0 Å². The van der Waals surface area contributed by atoms with Crippen LogP contribution in [-0.2, 0) is 16.0 Å². The molecule has 0 aromatic heterocycles. The molecule has 4 atom stereocenters. The van der Waals surface area contributed by atoms with E-state index in [2.05, 4.69) is 18.7 Å². The van der Waals surface area contributed by atoms with Crippen molar-refractivity contribution in [3.05, 3.63) is 34.9 Å². The lowest BCUT2D eigenvalue weighted by Gasteiger charge is -2.37. The number of hydrogen-bond donors (Lipinski definition) is 1. The molecule has 0 spiro atoms. The van der Waals surface area contributed by atoms with Gasteiger partial charge in [-0.1, -0.05) is 23.7 Å². The molecule has 2 aliphatic rings. The van der Waals surface area contributed by atoms with Gasteiger partial charge in [-0.05, 0) is 37.5 Å². The molecule has 0 aliphatic carbocycles. The second kappa shape index (κ2) is 8.70. The minimum atomic E-state index is 0.122. The Hall–Kier alpha value is -1.14. The molecule has 1 N–H and O–H groups in total. The van der Waals surface area contributed by atoms with E-state index in [9.17, 15) is 9.90 Å². The molecule has 1 aromatic carbocycles. The summed E-state index contributed by atoms with van der Waals surface area (Å²) in [5.41, 5.74) is 0.972. The Kier molecular flexibility index (Phi) is 6.56. The first-order valence-corrected chi connectivity index (χ1v) is 9.83. The van der Waals surface area contributed by atoms with Crippen LogP contribution in [0, 0.1) is 11.8 Å². The van der Waals surface area contributed by atoms with Gasteiger partial charge in [0.05, 0.1) is 18.6 Å². The molecule has 3 rings (SSSR count). The largest absolute Gasteiger partial charge is 0.396 e. The molecule has 2 heterocycles. The van der Waals surface area contributed by atoms with Gasteiger partial charge < -0.3 is 14.7 Å². The van der Waals surface area contributed by atoms with Gasteiger partial charge in [-0.2, -0.15) is 0 Å². The predicted molar refractivity (Wildman–Crippen MR) is 102 cm³/mol. The molecule has 5 nitrogen and oxygen atoms in total. The van der Waals surface area contributed by atoms with E-state index >= 15 is 0 Å². The summed E-state index contributed by atoms with van der Waals surface area (Å²) in [5, 5.41) is 10.5. The number of nitrogens with zero attached hydrogens (tertiary/aromatic N) is 2. The zero-order valence-electron chi connectivity index (χ0n) is 15.6. The Labute approximate surface area is 160 Å². The quantitative estimate of drug-likeness (QED) is 0.849. The van der Waals surface area contributed by atoms with Crippen LogP contribution in [0.4, 0.5) is 0 Å². The standard InChI is InChI=1S/C20H29ClN2O3/c1-14-8-22(9-15(2)26-14)10-17-11-23(12-18(17)13-24)20(25)7-16-3-5-19(21)6-4-16/h3-6,14-15,17-18,24H,7-13H2,1-2H3/t14-,15+,17-,18-/m1/s1. The van der Waals surface area contributed by atoms with Gasteiger partial charge in [-0.3, -0.25) is 9.69 Å². The molecule has 1 aromatic rings. The first kappa shape index (κ1) is 19.6. The molecule has 6 heteroatoms. The molecule has 1 amide bonds. The van der Waals surface area contributed by atoms with Crippen molar-refractivity contribution in [2.75, 3.05) is 39.3 Å². The number of ether oxygens (including phenoxy) is 1. The van der Waals surface area contributed by atoms with E-state index < -0.39 is 0 Å². The number of likely N-dealkylation sites (tertiary alicyclic amines) is 1. The van der Waals surface area contributed by atoms with Crippen molar-refractivity contribution in [2.24, 2.45) is 11.8 Å². The van der Waals surface area contributed by atoms with Gasteiger partial charge in [0.25, 0.3) is 0 Å². The van der Waals surface area contributed by atoms with E-state index in [-0.39, 0.29) is 30.6 Å². The Morgan fingerprint density at radius 3 is 2.35 bits per heavy atom. The lowest BCUT2D eigenvalue weighted by molar-refractivity contribution is -0.129. The molecule has 2 fully saturated rings. The summed E-state index contributed by atoms with van der Waals surface area (Å²) in [6.45, 7) is 8.43. The SMILES string of the molecule is C[C@@H]1CN(C[C@@H]2CN(C(=O)Cc3ccc(Cl)cc3)C[C@@H]2CO)C[C@H](C)O1. The van der Waals surface area contributed by atoms with Crippen molar-refractivity contribution in [1.82, 2.24) is 9.80 Å². The molecule has 26 heavy (non-hydrogen) atoms. The van der Waals surface area contributed by atoms with Crippen LogP contribution in [0.15, 0.2) is 24.3 Å². The average Bonchev–Trinajstić information content (AvgIpc) is 2.99. The van der Waals surface area contributed by atoms with Crippen LogP contribution in [0.2, 0.25) is 5.02 Å². The molecule has 2 saturated heterocycles. The number of aliphatic hydroxyl groups excluding tert-OH is 1. The Balaban J connectivity index is 1.57. The number of benzene rings is 1. The van der Waals surface area contributed by atoms with Crippen LogP contribution < -0.4 is 0 Å². The highest BCUT2D eigenvalue weighted by atomic mass is 35.5. The summed E-state index contributed by atoms with van der Waals surface area (Å²) < 4.78 is 5.80. The van der Waals surface area contributed by atoms with Gasteiger partial charge in [0.1, 0.15) is 0 Å². The summed E-state index contributed by atoms with van der Waals surface area (Å²) >= 11 is 5.91. The number of carbonyl (C=O) groups excluding carboxylic acids is 1. The molecular weight excluding hydrogens is 352 g/mol. The fourth-order valence-corrected chi connectivity index (χ4v) is 4.34. The second-order valence-corrected chi connectivity index (χ2v) is 8.22. The monoisotopic (exact) mass is 380 g/mol. The minimum absolute atomic E-state index is 0.122. The van der Waals surface area contributed by atoms with Gasteiger partial charge in [-0.25, -0.2) is 0 Å².